The second-order valence-corrected chi connectivity index (χ2v) is 7.22. The molecule has 1 heterocycles. The summed E-state index contributed by atoms with van der Waals surface area (Å²) in [5.41, 5.74) is 4.31. The van der Waals surface area contributed by atoms with Crippen molar-refractivity contribution in [1.29, 1.82) is 0 Å². The molecule has 0 saturated heterocycles. The van der Waals surface area contributed by atoms with E-state index in [1.807, 2.05) is 24.3 Å². The van der Waals surface area contributed by atoms with Gasteiger partial charge >= 0.3 is 0 Å². The highest BCUT2D eigenvalue weighted by Crippen LogP contribution is 2.36. The van der Waals surface area contributed by atoms with Crippen molar-refractivity contribution in [3.8, 4) is 22.9 Å². The Morgan fingerprint density at radius 3 is 2.30 bits per heavy atom. The molecule has 134 valence electrons. The minimum atomic E-state index is 0.405. The standard InChI is InChI=1S/C22H16Cl2N2O/c1-13-7-8-15(11-14(13)2)21-17-5-3-4-6-18(17)22(26-25-21)27-20-10-9-16(23)12-19(20)24/h3-12H,1-2H3. The fraction of sp³-hybridized carbons (Fsp3) is 0.0909. The maximum absolute atomic E-state index is 6.23. The predicted molar refractivity (Wildman–Crippen MR) is 111 cm³/mol. The fourth-order valence-corrected chi connectivity index (χ4v) is 3.37. The molecule has 0 spiro atoms. The zero-order valence-corrected chi connectivity index (χ0v) is 16.3. The molecule has 0 radical (unpaired) electrons. The number of ether oxygens (including phenoxy) is 1. The van der Waals surface area contributed by atoms with E-state index in [1.54, 1.807) is 18.2 Å². The largest absolute Gasteiger partial charge is 0.435 e. The van der Waals surface area contributed by atoms with Gasteiger partial charge < -0.3 is 4.74 Å². The first kappa shape index (κ1) is 17.8. The molecule has 3 nitrogen and oxygen atoms in total. The van der Waals surface area contributed by atoms with E-state index in [2.05, 4.69) is 42.2 Å². The number of rotatable bonds is 3. The smallest absolute Gasteiger partial charge is 0.246 e. The maximum Gasteiger partial charge on any atom is 0.246 e. The third kappa shape index (κ3) is 3.48. The number of nitrogens with zero attached hydrogens (tertiary/aromatic N) is 2. The molecule has 0 saturated carbocycles. The van der Waals surface area contributed by atoms with Gasteiger partial charge in [0.15, 0.2) is 0 Å². The van der Waals surface area contributed by atoms with E-state index >= 15 is 0 Å². The molecule has 1 aromatic heterocycles. The van der Waals surface area contributed by atoms with E-state index < -0.39 is 0 Å². The summed E-state index contributed by atoms with van der Waals surface area (Å²) in [6.45, 7) is 4.18. The average molecular weight is 395 g/mol. The molecule has 0 unspecified atom stereocenters. The average Bonchev–Trinajstić information content (AvgIpc) is 2.66. The molecule has 0 atom stereocenters. The van der Waals surface area contributed by atoms with Crippen LogP contribution in [0.15, 0.2) is 60.7 Å². The van der Waals surface area contributed by atoms with Crippen LogP contribution >= 0.6 is 23.2 Å². The Kier molecular flexibility index (Phi) is 4.73. The van der Waals surface area contributed by atoms with Gasteiger partial charge in [0.05, 0.1) is 5.02 Å². The van der Waals surface area contributed by atoms with Crippen LogP contribution in [0.3, 0.4) is 0 Å². The van der Waals surface area contributed by atoms with Gasteiger partial charge in [-0.2, -0.15) is 0 Å². The van der Waals surface area contributed by atoms with Gasteiger partial charge in [-0.3, -0.25) is 0 Å². The van der Waals surface area contributed by atoms with Crippen molar-refractivity contribution in [3.05, 3.63) is 81.8 Å². The molecule has 0 aliphatic heterocycles. The van der Waals surface area contributed by atoms with Gasteiger partial charge in [-0.25, -0.2) is 0 Å². The zero-order chi connectivity index (χ0) is 19.0. The van der Waals surface area contributed by atoms with Crippen LogP contribution < -0.4 is 4.74 Å². The fourth-order valence-electron chi connectivity index (χ4n) is 2.92. The lowest BCUT2D eigenvalue weighted by molar-refractivity contribution is 0.462. The highest BCUT2D eigenvalue weighted by molar-refractivity contribution is 6.35. The van der Waals surface area contributed by atoms with Crippen molar-refractivity contribution in [2.75, 3.05) is 0 Å². The minimum Gasteiger partial charge on any atom is -0.435 e. The van der Waals surface area contributed by atoms with Crippen LogP contribution in [0.5, 0.6) is 11.6 Å². The summed E-state index contributed by atoms with van der Waals surface area (Å²) in [6.07, 6.45) is 0. The lowest BCUT2D eigenvalue weighted by Crippen LogP contribution is -1.96. The first-order valence-corrected chi connectivity index (χ1v) is 9.24. The van der Waals surface area contributed by atoms with Crippen LogP contribution in [0, 0.1) is 13.8 Å². The highest BCUT2D eigenvalue weighted by atomic mass is 35.5. The SMILES string of the molecule is Cc1ccc(-c2nnc(Oc3ccc(Cl)cc3Cl)c3ccccc23)cc1C. The lowest BCUT2D eigenvalue weighted by atomic mass is 10.0. The number of benzene rings is 3. The first-order valence-electron chi connectivity index (χ1n) is 8.49. The van der Waals surface area contributed by atoms with Gasteiger partial charge in [-0.15, -0.1) is 10.2 Å². The molecule has 0 aliphatic rings. The summed E-state index contributed by atoms with van der Waals surface area (Å²) < 4.78 is 5.95. The summed E-state index contributed by atoms with van der Waals surface area (Å²) in [7, 11) is 0. The summed E-state index contributed by atoms with van der Waals surface area (Å²) in [4.78, 5) is 0. The monoisotopic (exact) mass is 394 g/mol. The molecule has 0 fully saturated rings. The van der Waals surface area contributed by atoms with Crippen LogP contribution in [0.25, 0.3) is 22.0 Å². The quantitative estimate of drug-likeness (QED) is 0.374. The Balaban J connectivity index is 1.84. The number of aromatic nitrogens is 2. The Morgan fingerprint density at radius 1 is 0.778 bits per heavy atom. The summed E-state index contributed by atoms with van der Waals surface area (Å²) >= 11 is 12.2. The van der Waals surface area contributed by atoms with Crippen LogP contribution in [-0.2, 0) is 0 Å². The number of hydrogen-bond acceptors (Lipinski definition) is 3. The van der Waals surface area contributed by atoms with Crippen molar-refractivity contribution in [3.63, 3.8) is 0 Å². The van der Waals surface area contributed by atoms with E-state index in [0.29, 0.717) is 21.7 Å². The van der Waals surface area contributed by atoms with Crippen LogP contribution in [0.4, 0.5) is 0 Å². The molecule has 4 rings (SSSR count). The van der Waals surface area contributed by atoms with Crippen molar-refractivity contribution < 1.29 is 4.74 Å². The number of hydrogen-bond donors (Lipinski definition) is 0. The van der Waals surface area contributed by atoms with Gasteiger partial charge in [-0.1, -0.05) is 53.5 Å². The zero-order valence-electron chi connectivity index (χ0n) is 14.8. The normalized spacial score (nSPS) is 11.0. The first-order chi connectivity index (χ1) is 13.0. The van der Waals surface area contributed by atoms with E-state index in [0.717, 1.165) is 22.0 Å². The van der Waals surface area contributed by atoms with Crippen LogP contribution in [0.1, 0.15) is 11.1 Å². The summed E-state index contributed by atoms with van der Waals surface area (Å²) in [5.74, 6) is 0.891. The van der Waals surface area contributed by atoms with E-state index in [1.165, 1.54) is 11.1 Å². The third-order valence-electron chi connectivity index (χ3n) is 4.53. The number of fused-ring (bicyclic) bond motifs is 1. The Labute approximate surface area is 167 Å². The molecule has 4 aromatic rings. The van der Waals surface area contributed by atoms with E-state index in [4.69, 9.17) is 27.9 Å². The molecule has 5 heteroatoms. The van der Waals surface area contributed by atoms with Gasteiger partial charge in [-0.05, 0) is 55.3 Å². The lowest BCUT2D eigenvalue weighted by Gasteiger charge is -2.12. The van der Waals surface area contributed by atoms with Crippen molar-refractivity contribution in [2.24, 2.45) is 0 Å². The van der Waals surface area contributed by atoms with Crippen LogP contribution in [-0.4, -0.2) is 10.2 Å². The molecule has 0 N–H and O–H groups in total. The topological polar surface area (TPSA) is 35.0 Å². The summed E-state index contributed by atoms with van der Waals surface area (Å²) in [5, 5.41) is 11.6. The molecule has 0 aliphatic carbocycles. The van der Waals surface area contributed by atoms with Crippen molar-refractivity contribution in [2.45, 2.75) is 13.8 Å². The molecule has 27 heavy (non-hydrogen) atoms. The predicted octanol–water partition coefficient (Wildman–Crippen LogP) is 7.01. The third-order valence-corrected chi connectivity index (χ3v) is 5.06. The maximum atomic E-state index is 6.23. The highest BCUT2D eigenvalue weighted by Gasteiger charge is 2.14. The Hall–Kier alpha value is -2.62. The number of aryl methyl sites for hydroxylation is 2. The van der Waals surface area contributed by atoms with Gasteiger partial charge in [0.2, 0.25) is 5.88 Å². The second-order valence-electron chi connectivity index (χ2n) is 6.38. The molecule has 0 bridgehead atoms. The number of halogens is 2. The van der Waals surface area contributed by atoms with Crippen molar-refractivity contribution in [1.82, 2.24) is 10.2 Å². The summed E-state index contributed by atoms with van der Waals surface area (Å²) in [6, 6.07) is 19.3. The molecular weight excluding hydrogens is 379 g/mol. The van der Waals surface area contributed by atoms with Gasteiger partial charge in [0.1, 0.15) is 11.4 Å². The van der Waals surface area contributed by atoms with Crippen molar-refractivity contribution >= 4 is 34.0 Å². The van der Waals surface area contributed by atoms with Crippen LogP contribution in [0.2, 0.25) is 10.0 Å². The van der Waals surface area contributed by atoms with E-state index in [-0.39, 0.29) is 0 Å². The van der Waals surface area contributed by atoms with E-state index in [9.17, 15) is 0 Å². The second kappa shape index (κ2) is 7.18. The minimum absolute atomic E-state index is 0.405. The molecule has 3 aromatic carbocycles. The van der Waals surface area contributed by atoms with Gasteiger partial charge in [0.25, 0.3) is 0 Å². The Morgan fingerprint density at radius 2 is 1.56 bits per heavy atom. The van der Waals surface area contributed by atoms with Gasteiger partial charge in [0, 0.05) is 21.4 Å². The molecule has 0 amide bonds. The Bertz CT molecular complexity index is 1160. The molecular formula is C22H16Cl2N2O.